The van der Waals surface area contributed by atoms with Crippen LogP contribution in [0.1, 0.15) is 29.9 Å². The van der Waals surface area contributed by atoms with E-state index < -0.39 is 35.9 Å². The molecule has 4 aromatic rings. The molecule has 4 heterocycles. The molecule has 0 saturated heterocycles. The Labute approximate surface area is 228 Å². The Bertz CT molecular complexity index is 1640. The molecule has 4 rings (SSSR count). The maximum absolute atomic E-state index is 13.3. The van der Waals surface area contributed by atoms with Crippen molar-refractivity contribution in [3.8, 4) is 21.7 Å². The van der Waals surface area contributed by atoms with E-state index in [9.17, 15) is 27.6 Å². The first kappa shape index (κ1) is 28.6. The number of urea groups is 1. The van der Waals surface area contributed by atoms with E-state index in [2.05, 4.69) is 25.6 Å². The molecule has 4 aromatic heterocycles. The molecule has 0 aliphatic carbocycles. The lowest BCUT2D eigenvalue weighted by Gasteiger charge is -2.14. The monoisotopic (exact) mass is 576 g/mol. The fourth-order valence-corrected chi connectivity index (χ4v) is 4.66. The molecule has 0 aromatic carbocycles. The summed E-state index contributed by atoms with van der Waals surface area (Å²) in [5.41, 5.74) is -0.947. The Balaban J connectivity index is 1.90. The second-order valence-electron chi connectivity index (χ2n) is 8.25. The Kier molecular flexibility index (Phi) is 8.44. The first-order valence-corrected chi connectivity index (χ1v) is 12.8. The second kappa shape index (κ2) is 11.8. The number of anilines is 1. The molecule has 0 atom stereocenters. The average molecular weight is 577 g/mol. The zero-order valence-electron chi connectivity index (χ0n) is 21.2. The number of fused-ring (bicyclic) bond motifs is 1. The number of hydrogen-bond acceptors (Lipinski definition) is 9. The molecule has 210 valence electrons. The van der Waals surface area contributed by atoms with Gasteiger partial charge in [-0.3, -0.25) is 10.1 Å². The van der Waals surface area contributed by atoms with Gasteiger partial charge in [-0.1, -0.05) is 0 Å². The SMILES string of the molecule is CCNC(=O)Nc1cc(-c2nc(C(F)(F)F)cs2)c(-c2cnc3c(c2)c(=O)c(C(=O)OCCO)cn3CC)cn1. The van der Waals surface area contributed by atoms with E-state index in [-0.39, 0.29) is 45.2 Å². The van der Waals surface area contributed by atoms with Crippen molar-refractivity contribution < 1.29 is 32.6 Å². The number of aryl methyl sites for hydroxylation is 1. The lowest BCUT2D eigenvalue weighted by atomic mass is 10.0. The molecule has 0 radical (unpaired) electrons. The number of rotatable bonds is 8. The Morgan fingerprint density at radius 3 is 2.58 bits per heavy atom. The van der Waals surface area contributed by atoms with Gasteiger partial charge in [-0.2, -0.15) is 13.2 Å². The minimum atomic E-state index is -4.67. The van der Waals surface area contributed by atoms with Crippen molar-refractivity contribution >= 4 is 40.2 Å². The molecule has 0 aliphatic heterocycles. The van der Waals surface area contributed by atoms with Crippen LogP contribution in [0.2, 0.25) is 0 Å². The van der Waals surface area contributed by atoms with Gasteiger partial charge in [0.25, 0.3) is 0 Å². The third kappa shape index (κ3) is 5.94. The van der Waals surface area contributed by atoms with Gasteiger partial charge in [-0.05, 0) is 26.0 Å². The standard InChI is InChI=1S/C25H23F3N6O5S/c1-3-29-24(38)33-19-8-14(22-32-18(12-40-22)25(26,27)28)16(10-30-19)13-7-15-20(36)17(23(37)39-6-5-35)11-34(4-2)21(15)31-9-13/h7-12,35H,3-6H2,1-2H3,(H2,29,30,33,38). The molecule has 15 heteroatoms. The van der Waals surface area contributed by atoms with Gasteiger partial charge in [0, 0.05) is 53.8 Å². The van der Waals surface area contributed by atoms with Crippen molar-refractivity contribution in [1.29, 1.82) is 0 Å². The molecule has 11 nitrogen and oxygen atoms in total. The highest BCUT2D eigenvalue weighted by Crippen LogP contribution is 2.38. The predicted octanol–water partition coefficient (Wildman–Crippen LogP) is 3.91. The van der Waals surface area contributed by atoms with Crippen molar-refractivity contribution in [3.63, 3.8) is 0 Å². The number of carbonyl (C=O) groups excluding carboxylic acids is 2. The minimum Gasteiger partial charge on any atom is -0.460 e. The number of carbonyl (C=O) groups is 2. The van der Waals surface area contributed by atoms with E-state index in [0.29, 0.717) is 18.7 Å². The van der Waals surface area contributed by atoms with Gasteiger partial charge in [0.2, 0.25) is 5.43 Å². The molecule has 0 bridgehead atoms. The molecule has 3 N–H and O–H groups in total. The normalized spacial score (nSPS) is 11.4. The summed E-state index contributed by atoms with van der Waals surface area (Å²) in [6.45, 7) is 3.49. The van der Waals surface area contributed by atoms with Gasteiger partial charge < -0.3 is 19.7 Å². The summed E-state index contributed by atoms with van der Waals surface area (Å²) in [6.07, 6.45) is -0.597. The number of thiazole rings is 1. The van der Waals surface area contributed by atoms with Gasteiger partial charge in [0.1, 0.15) is 28.6 Å². The average Bonchev–Trinajstić information content (AvgIpc) is 3.43. The number of pyridine rings is 3. The summed E-state index contributed by atoms with van der Waals surface area (Å²) < 4.78 is 46.4. The number of nitrogens with one attached hydrogen (secondary N) is 2. The molecule has 2 amide bonds. The van der Waals surface area contributed by atoms with E-state index in [0.717, 1.165) is 16.7 Å². The van der Waals surface area contributed by atoms with Gasteiger partial charge >= 0.3 is 18.2 Å². The fraction of sp³-hybridized carbons (Fsp3) is 0.280. The van der Waals surface area contributed by atoms with Crippen LogP contribution in [-0.4, -0.2) is 56.4 Å². The van der Waals surface area contributed by atoms with Crippen LogP contribution in [0.25, 0.3) is 32.7 Å². The van der Waals surface area contributed by atoms with Crippen LogP contribution in [0.15, 0.2) is 40.9 Å². The third-order valence-electron chi connectivity index (χ3n) is 5.62. The molecule has 0 spiro atoms. The zero-order valence-corrected chi connectivity index (χ0v) is 22.0. The van der Waals surface area contributed by atoms with Crippen LogP contribution in [0, 0.1) is 0 Å². The highest BCUT2D eigenvalue weighted by atomic mass is 32.1. The van der Waals surface area contributed by atoms with Crippen LogP contribution in [-0.2, 0) is 17.5 Å². The van der Waals surface area contributed by atoms with Gasteiger partial charge in [0.15, 0.2) is 5.69 Å². The number of ether oxygens (including phenoxy) is 1. The molecule has 0 aliphatic rings. The second-order valence-corrected chi connectivity index (χ2v) is 9.11. The van der Waals surface area contributed by atoms with Crippen LogP contribution < -0.4 is 16.1 Å². The number of aromatic nitrogens is 4. The van der Waals surface area contributed by atoms with E-state index in [1.807, 2.05) is 0 Å². The zero-order chi connectivity index (χ0) is 29.0. The molecule has 0 fully saturated rings. The van der Waals surface area contributed by atoms with Crippen molar-refractivity contribution in [2.24, 2.45) is 0 Å². The van der Waals surface area contributed by atoms with Crippen LogP contribution in [0.3, 0.4) is 0 Å². The number of hydrogen-bond donors (Lipinski definition) is 3. The number of alkyl halides is 3. The number of aliphatic hydroxyl groups excluding tert-OH is 1. The number of nitrogens with zero attached hydrogens (tertiary/aromatic N) is 4. The summed E-state index contributed by atoms with van der Waals surface area (Å²) in [4.78, 5) is 50.1. The summed E-state index contributed by atoms with van der Waals surface area (Å²) >= 11 is 0.748. The van der Waals surface area contributed by atoms with Gasteiger partial charge in [-0.15, -0.1) is 11.3 Å². The van der Waals surface area contributed by atoms with E-state index in [1.165, 1.54) is 30.7 Å². The maximum Gasteiger partial charge on any atom is 0.434 e. The number of amides is 2. The van der Waals surface area contributed by atoms with Crippen molar-refractivity contribution in [3.05, 3.63) is 57.6 Å². The topological polar surface area (TPSA) is 148 Å². The van der Waals surface area contributed by atoms with Crippen LogP contribution in [0.4, 0.5) is 23.8 Å². The molecular formula is C25H23F3N6O5S. The first-order chi connectivity index (χ1) is 19.1. The van der Waals surface area contributed by atoms with E-state index in [4.69, 9.17) is 9.84 Å². The lowest BCUT2D eigenvalue weighted by Crippen LogP contribution is -2.28. The highest BCUT2D eigenvalue weighted by Gasteiger charge is 2.34. The number of aliphatic hydroxyl groups is 1. The van der Waals surface area contributed by atoms with Gasteiger partial charge in [0.05, 0.1) is 12.0 Å². The Hall–Kier alpha value is -4.37. The predicted molar refractivity (Wildman–Crippen MR) is 141 cm³/mol. The lowest BCUT2D eigenvalue weighted by molar-refractivity contribution is -0.140. The van der Waals surface area contributed by atoms with Gasteiger partial charge in [-0.25, -0.2) is 24.5 Å². The molecule has 0 saturated carbocycles. The minimum absolute atomic E-state index is 0.00364. The highest BCUT2D eigenvalue weighted by molar-refractivity contribution is 7.13. The molecular weight excluding hydrogens is 553 g/mol. The summed E-state index contributed by atoms with van der Waals surface area (Å²) in [6, 6.07) is 2.27. The van der Waals surface area contributed by atoms with Crippen molar-refractivity contribution in [1.82, 2.24) is 24.8 Å². The smallest absolute Gasteiger partial charge is 0.434 e. The fourth-order valence-electron chi connectivity index (χ4n) is 3.80. The van der Waals surface area contributed by atoms with E-state index in [1.54, 1.807) is 18.4 Å². The summed E-state index contributed by atoms with van der Waals surface area (Å²) in [5.74, 6) is -0.858. The van der Waals surface area contributed by atoms with Crippen molar-refractivity contribution in [2.45, 2.75) is 26.6 Å². The summed E-state index contributed by atoms with van der Waals surface area (Å²) in [5, 5.41) is 14.9. The van der Waals surface area contributed by atoms with Crippen molar-refractivity contribution in [2.75, 3.05) is 25.1 Å². The third-order valence-corrected chi connectivity index (χ3v) is 6.49. The largest absolute Gasteiger partial charge is 0.460 e. The number of esters is 1. The quantitative estimate of drug-likeness (QED) is 0.268. The summed E-state index contributed by atoms with van der Waals surface area (Å²) in [7, 11) is 0. The van der Waals surface area contributed by atoms with Crippen LogP contribution in [0.5, 0.6) is 0 Å². The molecule has 40 heavy (non-hydrogen) atoms. The first-order valence-electron chi connectivity index (χ1n) is 12.0. The maximum atomic E-state index is 13.3. The van der Waals surface area contributed by atoms with Crippen LogP contribution >= 0.6 is 11.3 Å². The Morgan fingerprint density at radius 2 is 1.93 bits per heavy atom. The number of halogens is 3. The van der Waals surface area contributed by atoms with E-state index >= 15 is 0 Å². The Morgan fingerprint density at radius 1 is 1.15 bits per heavy atom. The molecule has 0 unspecified atom stereocenters.